The number of carbonyl (C=O) groups excluding carboxylic acids is 1. The molecular weight excluding hydrogens is 217 g/mol. The lowest BCUT2D eigenvalue weighted by molar-refractivity contribution is -0.117. The quantitative estimate of drug-likeness (QED) is 0.347. The Kier molecular flexibility index (Phi) is 7.30. The van der Waals surface area contributed by atoms with E-state index in [0.29, 0.717) is 13.0 Å². The van der Waals surface area contributed by atoms with Crippen molar-refractivity contribution in [2.45, 2.75) is 13.8 Å². The van der Waals surface area contributed by atoms with Crippen LogP contribution in [0.5, 0.6) is 0 Å². The van der Waals surface area contributed by atoms with Crippen molar-refractivity contribution in [1.82, 2.24) is 4.90 Å². The highest BCUT2D eigenvalue weighted by Crippen LogP contribution is 2.48. The van der Waals surface area contributed by atoms with E-state index in [-0.39, 0.29) is 19.5 Å². The van der Waals surface area contributed by atoms with Gasteiger partial charge in [-0.05, 0) is 13.8 Å². The van der Waals surface area contributed by atoms with Crippen molar-refractivity contribution in [2.75, 3.05) is 26.0 Å². The predicted molar refractivity (Wildman–Crippen MR) is 58.7 cm³/mol. The second-order valence-electron chi connectivity index (χ2n) is 2.75. The van der Waals surface area contributed by atoms with Gasteiger partial charge in [0.15, 0.2) is 0 Å². The molecule has 0 aromatic heterocycles. The van der Waals surface area contributed by atoms with Gasteiger partial charge in [-0.3, -0.25) is 9.36 Å². The lowest BCUT2D eigenvalue weighted by Gasteiger charge is -2.22. The molecule has 0 bridgehead atoms. The van der Waals surface area contributed by atoms with E-state index in [4.69, 9.17) is 9.05 Å². The van der Waals surface area contributed by atoms with Crippen LogP contribution < -0.4 is 0 Å². The maximum Gasteiger partial charge on any atom is 0.349 e. The standard InChI is InChI=1S/C9H18NO4P/c1-4-7-10(8-11)9-15(12,13-5-2)14-6-3/h4,8H,1,5-7,9H2,2-3H3. The number of nitrogens with zero attached hydrogens (tertiary/aromatic N) is 1. The Hall–Kier alpha value is -0.640. The van der Waals surface area contributed by atoms with Crippen LogP contribution in [-0.4, -0.2) is 37.4 Å². The Morgan fingerprint density at radius 1 is 1.33 bits per heavy atom. The summed E-state index contributed by atoms with van der Waals surface area (Å²) >= 11 is 0. The van der Waals surface area contributed by atoms with Gasteiger partial charge in [-0.15, -0.1) is 6.58 Å². The molecule has 0 aromatic carbocycles. The molecule has 0 rings (SSSR count). The summed E-state index contributed by atoms with van der Waals surface area (Å²) in [6.07, 6.45) is 2.12. The van der Waals surface area contributed by atoms with E-state index in [1.54, 1.807) is 19.9 Å². The van der Waals surface area contributed by atoms with E-state index in [9.17, 15) is 9.36 Å². The molecule has 1 amide bonds. The summed E-state index contributed by atoms with van der Waals surface area (Å²) in [6, 6.07) is 0. The van der Waals surface area contributed by atoms with Crippen LogP contribution in [0.25, 0.3) is 0 Å². The Morgan fingerprint density at radius 3 is 2.20 bits per heavy atom. The van der Waals surface area contributed by atoms with Gasteiger partial charge in [0, 0.05) is 6.54 Å². The van der Waals surface area contributed by atoms with Gasteiger partial charge in [0.1, 0.15) is 6.29 Å². The summed E-state index contributed by atoms with van der Waals surface area (Å²) in [5.74, 6) is 0. The Bertz CT molecular complexity index is 234. The van der Waals surface area contributed by atoms with Crippen LogP contribution in [0.4, 0.5) is 0 Å². The van der Waals surface area contributed by atoms with Gasteiger partial charge in [0.2, 0.25) is 6.41 Å². The normalized spacial score (nSPS) is 11.1. The molecule has 0 saturated carbocycles. The highest BCUT2D eigenvalue weighted by Gasteiger charge is 2.26. The minimum Gasteiger partial charge on any atom is -0.330 e. The van der Waals surface area contributed by atoms with Crippen LogP contribution >= 0.6 is 7.60 Å². The topological polar surface area (TPSA) is 55.8 Å². The van der Waals surface area contributed by atoms with Gasteiger partial charge >= 0.3 is 7.60 Å². The first kappa shape index (κ1) is 14.4. The number of hydrogen-bond donors (Lipinski definition) is 0. The molecule has 0 atom stereocenters. The largest absolute Gasteiger partial charge is 0.349 e. The molecule has 5 nitrogen and oxygen atoms in total. The van der Waals surface area contributed by atoms with Gasteiger partial charge < -0.3 is 13.9 Å². The first-order chi connectivity index (χ1) is 7.11. The molecular formula is C9H18NO4P. The van der Waals surface area contributed by atoms with Crippen LogP contribution in [0, 0.1) is 0 Å². The molecule has 0 radical (unpaired) electrons. The molecule has 0 heterocycles. The zero-order chi connectivity index (χ0) is 11.7. The van der Waals surface area contributed by atoms with Crippen molar-refractivity contribution in [1.29, 1.82) is 0 Å². The van der Waals surface area contributed by atoms with E-state index >= 15 is 0 Å². The summed E-state index contributed by atoms with van der Waals surface area (Å²) in [5, 5.41) is 0. The van der Waals surface area contributed by atoms with Crippen molar-refractivity contribution in [2.24, 2.45) is 0 Å². The zero-order valence-electron chi connectivity index (χ0n) is 9.22. The molecule has 0 saturated heterocycles. The molecule has 0 aromatic rings. The maximum absolute atomic E-state index is 12.0. The Balaban J connectivity index is 4.42. The zero-order valence-corrected chi connectivity index (χ0v) is 10.1. The van der Waals surface area contributed by atoms with E-state index in [2.05, 4.69) is 6.58 Å². The molecule has 6 heteroatoms. The second kappa shape index (κ2) is 7.63. The third kappa shape index (κ3) is 5.72. The highest BCUT2D eigenvalue weighted by molar-refractivity contribution is 7.53. The number of rotatable bonds is 9. The fourth-order valence-corrected chi connectivity index (χ4v) is 2.69. The van der Waals surface area contributed by atoms with E-state index in [1.165, 1.54) is 4.90 Å². The summed E-state index contributed by atoms with van der Waals surface area (Å²) in [4.78, 5) is 11.9. The monoisotopic (exact) mass is 235 g/mol. The average Bonchev–Trinajstić information content (AvgIpc) is 2.17. The number of carbonyl (C=O) groups is 1. The van der Waals surface area contributed by atoms with Gasteiger partial charge in [-0.2, -0.15) is 0 Å². The molecule has 0 fully saturated rings. The lowest BCUT2D eigenvalue weighted by atomic mass is 10.6. The van der Waals surface area contributed by atoms with Gasteiger partial charge in [0.25, 0.3) is 0 Å². The third-order valence-corrected chi connectivity index (χ3v) is 3.53. The van der Waals surface area contributed by atoms with E-state index < -0.39 is 7.60 Å². The minimum absolute atomic E-state index is 0.0375. The van der Waals surface area contributed by atoms with Crippen LogP contribution in [0.3, 0.4) is 0 Å². The first-order valence-corrected chi connectivity index (χ1v) is 6.53. The molecule has 0 aliphatic heterocycles. The fraction of sp³-hybridized carbons (Fsp3) is 0.667. The van der Waals surface area contributed by atoms with Gasteiger partial charge in [-0.1, -0.05) is 6.08 Å². The van der Waals surface area contributed by atoms with Gasteiger partial charge in [0.05, 0.1) is 13.2 Å². The maximum atomic E-state index is 12.0. The fourth-order valence-electron chi connectivity index (χ4n) is 1.03. The Labute approximate surface area is 90.6 Å². The summed E-state index contributed by atoms with van der Waals surface area (Å²) < 4.78 is 22.1. The summed E-state index contributed by atoms with van der Waals surface area (Å²) in [7, 11) is -3.17. The van der Waals surface area contributed by atoms with Crippen molar-refractivity contribution >= 4 is 14.0 Å². The molecule has 88 valence electrons. The van der Waals surface area contributed by atoms with Crippen LogP contribution in [0.15, 0.2) is 12.7 Å². The number of amides is 1. The molecule has 15 heavy (non-hydrogen) atoms. The third-order valence-electron chi connectivity index (χ3n) is 1.52. The van der Waals surface area contributed by atoms with Crippen LogP contribution in [-0.2, 0) is 18.4 Å². The molecule has 0 aliphatic carbocycles. The average molecular weight is 235 g/mol. The molecule has 0 unspecified atom stereocenters. The Morgan fingerprint density at radius 2 is 1.87 bits per heavy atom. The van der Waals surface area contributed by atoms with Crippen LogP contribution in [0.2, 0.25) is 0 Å². The summed E-state index contributed by atoms with van der Waals surface area (Å²) in [6.45, 7) is 7.86. The van der Waals surface area contributed by atoms with Crippen molar-refractivity contribution in [3.63, 3.8) is 0 Å². The van der Waals surface area contributed by atoms with E-state index in [0.717, 1.165) is 0 Å². The lowest BCUT2D eigenvalue weighted by Crippen LogP contribution is -2.24. The first-order valence-electron chi connectivity index (χ1n) is 4.80. The smallest absolute Gasteiger partial charge is 0.330 e. The number of hydrogen-bond acceptors (Lipinski definition) is 4. The minimum atomic E-state index is -3.17. The van der Waals surface area contributed by atoms with Crippen molar-refractivity contribution in [3.8, 4) is 0 Å². The predicted octanol–water partition coefficient (Wildman–Crippen LogP) is 1.85. The summed E-state index contributed by atoms with van der Waals surface area (Å²) in [5.41, 5.74) is 0. The van der Waals surface area contributed by atoms with E-state index in [1.807, 2.05) is 0 Å². The SMILES string of the molecule is C=CCN(C=O)CP(=O)(OCC)OCC. The van der Waals surface area contributed by atoms with Crippen LogP contribution in [0.1, 0.15) is 13.8 Å². The second-order valence-corrected chi connectivity index (χ2v) is 4.77. The van der Waals surface area contributed by atoms with Crippen molar-refractivity contribution < 1.29 is 18.4 Å². The molecule has 0 aliphatic rings. The molecule has 0 N–H and O–H groups in total. The molecule has 0 spiro atoms. The highest BCUT2D eigenvalue weighted by atomic mass is 31.2. The van der Waals surface area contributed by atoms with Crippen molar-refractivity contribution in [3.05, 3.63) is 12.7 Å². The van der Waals surface area contributed by atoms with Gasteiger partial charge in [-0.25, -0.2) is 0 Å².